The number of rotatable bonds is 5. The second-order valence-electron chi connectivity index (χ2n) is 7.27. The van der Waals surface area contributed by atoms with Crippen LogP contribution in [-0.4, -0.2) is 21.7 Å². The second-order valence-corrected chi connectivity index (χ2v) is 7.27. The van der Waals surface area contributed by atoms with Crippen molar-refractivity contribution in [3.8, 4) is 0 Å². The van der Waals surface area contributed by atoms with Crippen LogP contribution in [0.1, 0.15) is 51.3 Å². The Balaban J connectivity index is 2.05. The van der Waals surface area contributed by atoms with E-state index >= 15 is 0 Å². The molecule has 24 heavy (non-hydrogen) atoms. The van der Waals surface area contributed by atoms with Crippen LogP contribution in [0, 0.1) is 0 Å². The molecular formula is C20H26N2O2. The third-order valence-corrected chi connectivity index (χ3v) is 5.05. The van der Waals surface area contributed by atoms with Crippen molar-refractivity contribution in [3.05, 3.63) is 41.1 Å². The van der Waals surface area contributed by atoms with Gasteiger partial charge in [-0.25, -0.2) is 4.79 Å². The first-order chi connectivity index (χ1) is 11.3. The van der Waals surface area contributed by atoms with Gasteiger partial charge in [-0.3, -0.25) is 0 Å². The van der Waals surface area contributed by atoms with Gasteiger partial charge in [0.05, 0.1) is 5.54 Å². The van der Waals surface area contributed by atoms with Gasteiger partial charge in [0, 0.05) is 29.9 Å². The largest absolute Gasteiger partial charge is 0.478 e. The molecule has 3 rings (SSSR count). The van der Waals surface area contributed by atoms with Crippen LogP contribution in [0.25, 0.3) is 17.0 Å². The van der Waals surface area contributed by atoms with Crippen LogP contribution in [0.3, 0.4) is 0 Å². The topological polar surface area (TPSA) is 54.3 Å². The predicted molar refractivity (Wildman–Crippen MR) is 98.0 cm³/mol. The molecule has 2 aromatic rings. The Bertz CT molecular complexity index is 810. The highest BCUT2D eigenvalue weighted by molar-refractivity contribution is 5.92. The number of hydrogen-bond donors (Lipinski definition) is 2. The molecule has 0 aliphatic heterocycles. The number of fused-ring (bicyclic) bond motifs is 1. The Hall–Kier alpha value is -2.07. The van der Waals surface area contributed by atoms with Crippen LogP contribution in [-0.2, 0) is 17.4 Å². The number of carboxylic acid groups (broad SMARTS) is 1. The summed E-state index contributed by atoms with van der Waals surface area (Å²) in [6, 6.07) is 8.87. The van der Waals surface area contributed by atoms with Gasteiger partial charge in [-0.1, -0.05) is 12.1 Å². The first kappa shape index (κ1) is 16.8. The Morgan fingerprint density at radius 2 is 2.04 bits per heavy atom. The molecule has 1 aromatic heterocycles. The molecule has 0 amide bonds. The number of carbonyl (C=O) groups is 1. The van der Waals surface area contributed by atoms with Gasteiger partial charge in [-0.15, -0.1) is 0 Å². The van der Waals surface area contributed by atoms with Crippen LogP contribution in [0.4, 0.5) is 0 Å². The molecule has 1 aliphatic carbocycles. The molecule has 1 aliphatic rings. The van der Waals surface area contributed by atoms with E-state index in [9.17, 15) is 4.79 Å². The third-order valence-electron chi connectivity index (χ3n) is 5.05. The number of aryl methyl sites for hydroxylation is 1. The molecular weight excluding hydrogens is 300 g/mol. The van der Waals surface area contributed by atoms with Gasteiger partial charge in [-0.2, -0.15) is 0 Å². The van der Waals surface area contributed by atoms with Crippen molar-refractivity contribution in [3.63, 3.8) is 0 Å². The average molecular weight is 326 g/mol. The predicted octanol–water partition coefficient (Wildman–Crippen LogP) is 4.04. The van der Waals surface area contributed by atoms with E-state index in [1.165, 1.54) is 30.3 Å². The minimum Gasteiger partial charge on any atom is -0.478 e. The minimum absolute atomic E-state index is 0.0783. The maximum atomic E-state index is 11.0. The maximum absolute atomic E-state index is 11.0. The monoisotopic (exact) mass is 326 g/mol. The highest BCUT2D eigenvalue weighted by Crippen LogP contribution is 2.43. The van der Waals surface area contributed by atoms with E-state index in [1.54, 1.807) is 13.0 Å². The zero-order valence-electron chi connectivity index (χ0n) is 14.9. The van der Waals surface area contributed by atoms with Crippen LogP contribution in [0.15, 0.2) is 29.8 Å². The van der Waals surface area contributed by atoms with E-state index in [0.717, 1.165) is 11.1 Å². The van der Waals surface area contributed by atoms with Gasteiger partial charge in [-0.05, 0) is 69.2 Å². The highest BCUT2D eigenvalue weighted by Gasteiger charge is 2.41. The van der Waals surface area contributed by atoms with E-state index in [0.29, 0.717) is 11.6 Å². The summed E-state index contributed by atoms with van der Waals surface area (Å²) in [6.07, 6.45) is 5.31. The summed E-state index contributed by atoms with van der Waals surface area (Å²) in [5.74, 6) is -0.878. The lowest BCUT2D eigenvalue weighted by atomic mass is 9.73. The summed E-state index contributed by atoms with van der Waals surface area (Å²) >= 11 is 0. The van der Waals surface area contributed by atoms with Crippen LogP contribution in [0.2, 0.25) is 0 Å². The molecule has 1 saturated carbocycles. The Kier molecular flexibility index (Phi) is 4.26. The van der Waals surface area contributed by atoms with E-state index in [2.05, 4.69) is 49.0 Å². The number of aliphatic carboxylic acids is 1. The van der Waals surface area contributed by atoms with Gasteiger partial charge in [0.15, 0.2) is 0 Å². The van der Waals surface area contributed by atoms with Crippen molar-refractivity contribution in [2.75, 3.05) is 0 Å². The molecule has 0 atom stereocenters. The number of aromatic nitrogens is 1. The van der Waals surface area contributed by atoms with E-state index in [1.807, 2.05) is 6.07 Å². The van der Waals surface area contributed by atoms with E-state index < -0.39 is 5.97 Å². The second kappa shape index (κ2) is 6.10. The highest BCUT2D eigenvalue weighted by atomic mass is 16.4. The summed E-state index contributed by atoms with van der Waals surface area (Å²) < 4.78 is 2.26. The first-order valence-corrected chi connectivity index (χ1v) is 8.62. The number of nitrogens with one attached hydrogen (secondary N) is 1. The van der Waals surface area contributed by atoms with Crippen molar-refractivity contribution < 1.29 is 9.90 Å². The number of benzene rings is 1. The number of nitrogens with zero attached hydrogens (tertiary/aromatic N) is 1. The quantitative estimate of drug-likeness (QED) is 0.815. The average Bonchev–Trinajstić information content (AvgIpc) is 2.80. The van der Waals surface area contributed by atoms with Gasteiger partial charge in [0.2, 0.25) is 0 Å². The molecule has 0 saturated heterocycles. The van der Waals surface area contributed by atoms with Gasteiger partial charge in [0.1, 0.15) is 0 Å². The lowest BCUT2D eigenvalue weighted by Crippen LogP contribution is -2.51. The smallest absolute Gasteiger partial charge is 0.331 e. The molecule has 128 valence electrons. The minimum atomic E-state index is -0.878. The molecule has 4 nitrogen and oxygen atoms in total. The van der Waals surface area contributed by atoms with Crippen LogP contribution < -0.4 is 5.32 Å². The van der Waals surface area contributed by atoms with Crippen molar-refractivity contribution in [2.45, 2.75) is 51.6 Å². The van der Waals surface area contributed by atoms with E-state index in [4.69, 9.17) is 5.11 Å². The fraction of sp³-hybridized carbons (Fsp3) is 0.450. The molecule has 1 heterocycles. The van der Waals surface area contributed by atoms with Crippen molar-refractivity contribution in [2.24, 2.45) is 7.05 Å². The Morgan fingerprint density at radius 3 is 2.58 bits per heavy atom. The zero-order chi connectivity index (χ0) is 17.5. The molecule has 4 heteroatoms. The molecule has 1 aromatic carbocycles. The summed E-state index contributed by atoms with van der Waals surface area (Å²) in [5.41, 5.74) is 3.83. The van der Waals surface area contributed by atoms with Gasteiger partial charge in [0.25, 0.3) is 0 Å². The summed E-state index contributed by atoms with van der Waals surface area (Å²) in [7, 11) is 2.11. The standard InChI is InChI=1S/C20H26N2O2/c1-13(2)21-20(8-5-9-20)18-12-16-7-6-15(10-14(3)19(23)24)11-17(16)22(18)4/h6-7,10-13,21H,5,8-9H2,1-4H3,(H,23,24)/b14-10+. The molecule has 0 bridgehead atoms. The lowest BCUT2D eigenvalue weighted by Gasteiger charge is -2.44. The molecule has 0 radical (unpaired) electrons. The zero-order valence-corrected chi connectivity index (χ0v) is 14.9. The van der Waals surface area contributed by atoms with Crippen LogP contribution in [0.5, 0.6) is 0 Å². The Morgan fingerprint density at radius 1 is 1.33 bits per heavy atom. The van der Waals surface area contributed by atoms with Gasteiger partial charge < -0.3 is 15.0 Å². The summed E-state index contributed by atoms with van der Waals surface area (Å²) in [5, 5.41) is 14.0. The van der Waals surface area contributed by atoms with Gasteiger partial charge >= 0.3 is 5.97 Å². The third kappa shape index (κ3) is 2.86. The lowest BCUT2D eigenvalue weighted by molar-refractivity contribution is -0.132. The fourth-order valence-corrected chi connectivity index (χ4v) is 3.77. The molecule has 0 unspecified atom stereocenters. The summed E-state index contributed by atoms with van der Waals surface area (Å²) in [4.78, 5) is 11.0. The maximum Gasteiger partial charge on any atom is 0.331 e. The molecule has 0 spiro atoms. The molecule has 2 N–H and O–H groups in total. The number of carboxylic acids is 1. The SMILES string of the molecule is C/C(=C\c1ccc2cc(C3(NC(C)C)CCC3)n(C)c2c1)C(=O)O. The summed E-state index contributed by atoms with van der Waals surface area (Å²) in [6.45, 7) is 6.01. The number of hydrogen-bond acceptors (Lipinski definition) is 2. The normalized spacial score (nSPS) is 17.3. The molecule has 1 fully saturated rings. The fourth-order valence-electron chi connectivity index (χ4n) is 3.77. The van der Waals surface area contributed by atoms with Crippen LogP contribution >= 0.6 is 0 Å². The van der Waals surface area contributed by atoms with Crippen molar-refractivity contribution in [1.29, 1.82) is 0 Å². The Labute approximate surface area is 143 Å². The van der Waals surface area contributed by atoms with E-state index in [-0.39, 0.29) is 5.54 Å². The first-order valence-electron chi connectivity index (χ1n) is 8.62. The van der Waals surface area contributed by atoms with Crippen molar-refractivity contribution >= 4 is 22.9 Å². The van der Waals surface area contributed by atoms with Crippen molar-refractivity contribution in [1.82, 2.24) is 9.88 Å².